The standard InChI is InChI=1S/C20H19N5O2/c1-2-6-16-15(5-1)13-22-25(16)14-18-23-19(24-27-18)20(8-11-26-12-9-20)17-7-3-4-10-21-17/h1-7,10,13H,8-9,11-12,14H2. The lowest BCUT2D eigenvalue weighted by Gasteiger charge is -2.33. The third-order valence-electron chi connectivity index (χ3n) is 5.23. The van der Waals surface area contributed by atoms with Crippen LogP contribution in [0.3, 0.4) is 0 Å². The molecule has 27 heavy (non-hydrogen) atoms. The smallest absolute Gasteiger partial charge is 0.248 e. The summed E-state index contributed by atoms with van der Waals surface area (Å²) in [6.07, 6.45) is 5.23. The molecule has 4 aromatic rings. The molecule has 7 heteroatoms. The molecule has 5 rings (SSSR count). The molecule has 1 aromatic carbocycles. The minimum Gasteiger partial charge on any atom is -0.381 e. The van der Waals surface area contributed by atoms with Crippen LogP contribution in [0.15, 0.2) is 59.4 Å². The van der Waals surface area contributed by atoms with E-state index in [1.165, 1.54) is 0 Å². The number of para-hydroxylation sites is 1. The third-order valence-corrected chi connectivity index (χ3v) is 5.23. The van der Waals surface area contributed by atoms with E-state index in [4.69, 9.17) is 14.2 Å². The first-order valence-electron chi connectivity index (χ1n) is 9.08. The first-order valence-corrected chi connectivity index (χ1v) is 9.08. The Hall–Kier alpha value is -3.06. The molecule has 1 saturated heterocycles. The molecule has 136 valence electrons. The van der Waals surface area contributed by atoms with Crippen molar-refractivity contribution in [2.75, 3.05) is 13.2 Å². The van der Waals surface area contributed by atoms with E-state index in [9.17, 15) is 0 Å². The van der Waals surface area contributed by atoms with E-state index >= 15 is 0 Å². The van der Waals surface area contributed by atoms with Gasteiger partial charge in [-0.3, -0.25) is 9.67 Å². The van der Waals surface area contributed by atoms with Crippen LogP contribution in [0.1, 0.15) is 30.3 Å². The molecule has 0 unspecified atom stereocenters. The summed E-state index contributed by atoms with van der Waals surface area (Å²) in [5.74, 6) is 1.22. The van der Waals surface area contributed by atoms with E-state index in [-0.39, 0.29) is 5.41 Å². The number of aromatic nitrogens is 5. The number of hydrogen-bond donors (Lipinski definition) is 0. The van der Waals surface area contributed by atoms with Gasteiger partial charge in [-0.1, -0.05) is 29.4 Å². The number of rotatable bonds is 4. The molecule has 0 spiro atoms. The van der Waals surface area contributed by atoms with Crippen LogP contribution < -0.4 is 0 Å². The highest BCUT2D eigenvalue weighted by Gasteiger charge is 2.41. The molecule has 0 atom stereocenters. The number of nitrogens with zero attached hydrogens (tertiary/aromatic N) is 5. The van der Waals surface area contributed by atoms with Crippen molar-refractivity contribution >= 4 is 10.9 Å². The van der Waals surface area contributed by atoms with E-state index < -0.39 is 0 Å². The van der Waals surface area contributed by atoms with Crippen LogP contribution in [0.25, 0.3) is 10.9 Å². The van der Waals surface area contributed by atoms with E-state index in [1.54, 1.807) is 0 Å². The zero-order valence-corrected chi connectivity index (χ0v) is 14.8. The van der Waals surface area contributed by atoms with Crippen molar-refractivity contribution in [2.24, 2.45) is 0 Å². The van der Waals surface area contributed by atoms with Crippen molar-refractivity contribution in [1.29, 1.82) is 0 Å². The van der Waals surface area contributed by atoms with Gasteiger partial charge in [-0.25, -0.2) is 0 Å². The highest BCUT2D eigenvalue weighted by molar-refractivity contribution is 5.78. The number of benzene rings is 1. The van der Waals surface area contributed by atoms with Crippen molar-refractivity contribution in [2.45, 2.75) is 24.8 Å². The molecule has 7 nitrogen and oxygen atoms in total. The summed E-state index contributed by atoms with van der Waals surface area (Å²) in [5.41, 5.74) is 1.64. The molecule has 1 aliphatic heterocycles. The monoisotopic (exact) mass is 361 g/mol. The van der Waals surface area contributed by atoms with Gasteiger partial charge >= 0.3 is 0 Å². The van der Waals surface area contributed by atoms with E-state index in [0.717, 1.165) is 29.4 Å². The Labute approximate surface area is 156 Å². The predicted octanol–water partition coefficient (Wildman–Crippen LogP) is 2.96. The highest BCUT2D eigenvalue weighted by Crippen LogP contribution is 2.38. The fourth-order valence-electron chi connectivity index (χ4n) is 3.75. The molecular formula is C20H19N5O2. The Morgan fingerprint density at radius 1 is 1.04 bits per heavy atom. The van der Waals surface area contributed by atoms with E-state index in [2.05, 4.69) is 15.2 Å². The minimum atomic E-state index is -0.368. The van der Waals surface area contributed by atoms with Gasteiger partial charge in [0.15, 0.2) is 5.82 Å². The van der Waals surface area contributed by atoms with E-state index in [0.29, 0.717) is 31.5 Å². The molecule has 0 amide bonds. The molecule has 3 aromatic heterocycles. The Bertz CT molecular complexity index is 1050. The summed E-state index contributed by atoms with van der Waals surface area (Å²) in [7, 11) is 0. The van der Waals surface area contributed by atoms with Gasteiger partial charge < -0.3 is 9.26 Å². The zero-order valence-electron chi connectivity index (χ0n) is 14.8. The molecule has 0 bridgehead atoms. The summed E-state index contributed by atoms with van der Waals surface area (Å²) in [6, 6.07) is 14.0. The summed E-state index contributed by atoms with van der Waals surface area (Å²) in [6.45, 7) is 1.75. The number of pyridine rings is 1. The van der Waals surface area contributed by atoms with Crippen molar-refractivity contribution < 1.29 is 9.26 Å². The summed E-state index contributed by atoms with van der Waals surface area (Å²) < 4.78 is 13.1. The number of fused-ring (bicyclic) bond motifs is 1. The fourth-order valence-corrected chi connectivity index (χ4v) is 3.75. The van der Waals surface area contributed by atoms with Crippen molar-refractivity contribution in [3.63, 3.8) is 0 Å². The molecule has 0 N–H and O–H groups in total. The second-order valence-electron chi connectivity index (χ2n) is 6.78. The normalized spacial score (nSPS) is 16.6. The van der Waals surface area contributed by atoms with Gasteiger partial charge in [-0.15, -0.1) is 0 Å². The largest absolute Gasteiger partial charge is 0.381 e. The van der Waals surface area contributed by atoms with Gasteiger partial charge in [0, 0.05) is 24.8 Å². The lowest BCUT2D eigenvalue weighted by molar-refractivity contribution is 0.0584. The zero-order chi connectivity index (χ0) is 18.1. The Balaban J connectivity index is 1.50. The molecule has 1 aliphatic rings. The molecular weight excluding hydrogens is 342 g/mol. The molecule has 1 fully saturated rings. The van der Waals surface area contributed by atoms with Crippen molar-refractivity contribution in [3.8, 4) is 0 Å². The topological polar surface area (TPSA) is 78.9 Å². The Morgan fingerprint density at radius 3 is 2.74 bits per heavy atom. The van der Waals surface area contributed by atoms with Crippen LogP contribution >= 0.6 is 0 Å². The van der Waals surface area contributed by atoms with Crippen LogP contribution in [0.5, 0.6) is 0 Å². The average Bonchev–Trinajstić information content (AvgIpc) is 3.37. The molecule has 0 radical (unpaired) electrons. The van der Waals surface area contributed by atoms with Gasteiger partial charge in [0.25, 0.3) is 0 Å². The number of hydrogen-bond acceptors (Lipinski definition) is 6. The molecule has 4 heterocycles. The van der Waals surface area contributed by atoms with Crippen molar-refractivity contribution in [1.82, 2.24) is 24.9 Å². The second-order valence-corrected chi connectivity index (χ2v) is 6.78. The fraction of sp³-hybridized carbons (Fsp3) is 0.300. The highest BCUT2D eigenvalue weighted by atomic mass is 16.5. The van der Waals surface area contributed by atoms with Gasteiger partial charge in [0.2, 0.25) is 5.89 Å². The maximum absolute atomic E-state index is 5.60. The van der Waals surface area contributed by atoms with Crippen LogP contribution in [0.2, 0.25) is 0 Å². The van der Waals surface area contributed by atoms with Gasteiger partial charge in [-0.05, 0) is 31.0 Å². The van der Waals surface area contributed by atoms with Crippen LogP contribution in [0, 0.1) is 0 Å². The summed E-state index contributed by atoms with van der Waals surface area (Å²) in [5, 5.41) is 9.86. The predicted molar refractivity (Wildman–Crippen MR) is 98.2 cm³/mol. The Kier molecular flexibility index (Phi) is 3.94. The molecule has 0 saturated carbocycles. The maximum atomic E-state index is 5.60. The average molecular weight is 361 g/mol. The second kappa shape index (κ2) is 6.59. The SMILES string of the molecule is c1ccc(C2(c3noc(Cn4ncc5ccccc54)n3)CCOCC2)nc1. The lowest BCUT2D eigenvalue weighted by atomic mass is 9.76. The minimum absolute atomic E-state index is 0.368. The maximum Gasteiger partial charge on any atom is 0.248 e. The summed E-state index contributed by atoms with van der Waals surface area (Å²) >= 11 is 0. The van der Waals surface area contributed by atoms with E-state index in [1.807, 2.05) is 59.5 Å². The van der Waals surface area contributed by atoms with Crippen molar-refractivity contribution in [3.05, 3.63) is 72.3 Å². The number of ether oxygens (including phenoxy) is 1. The summed E-state index contributed by atoms with van der Waals surface area (Å²) in [4.78, 5) is 9.31. The first kappa shape index (κ1) is 16.1. The first-order chi connectivity index (χ1) is 13.4. The van der Waals surface area contributed by atoms with Crippen LogP contribution in [0.4, 0.5) is 0 Å². The molecule has 0 aliphatic carbocycles. The lowest BCUT2D eigenvalue weighted by Crippen LogP contribution is -2.37. The van der Waals surface area contributed by atoms with Crippen LogP contribution in [-0.4, -0.2) is 38.1 Å². The third kappa shape index (κ3) is 2.80. The quantitative estimate of drug-likeness (QED) is 0.556. The van der Waals surface area contributed by atoms with Crippen LogP contribution in [-0.2, 0) is 16.7 Å². The van der Waals surface area contributed by atoms with Gasteiger partial charge in [-0.2, -0.15) is 10.1 Å². The van der Waals surface area contributed by atoms with Gasteiger partial charge in [0.05, 0.1) is 22.8 Å². The Morgan fingerprint density at radius 2 is 1.89 bits per heavy atom. The van der Waals surface area contributed by atoms with Gasteiger partial charge in [0.1, 0.15) is 6.54 Å².